The fraction of sp³-hybridized carbons (Fsp3) is 0.362. The SMILES string of the molecule is CCCc1ccc(Cc2csc(N3CCN(S(=O)(=O)c4cc(C)c(Cl)cc4Cl)CC3)n2)cc1.CCOc1ccc(Cc2csc(N3CCN(S(=O)(=O)c4cc(C)c(Cl)cc4Cl)CC3)n2)cc1. The predicted molar refractivity (Wildman–Crippen MR) is 272 cm³/mol. The zero-order valence-corrected chi connectivity index (χ0v) is 43.4. The van der Waals surface area contributed by atoms with Crippen LogP contribution in [0.25, 0.3) is 0 Å². The van der Waals surface area contributed by atoms with Gasteiger partial charge in [0.25, 0.3) is 0 Å². The maximum atomic E-state index is 13.2. The summed E-state index contributed by atoms with van der Waals surface area (Å²) in [6, 6.07) is 22.9. The number of nitrogens with zero attached hydrogens (tertiary/aromatic N) is 6. The Bertz CT molecular complexity index is 2630. The fourth-order valence-electron chi connectivity index (χ4n) is 7.62. The minimum absolute atomic E-state index is 0.103. The summed E-state index contributed by atoms with van der Waals surface area (Å²) < 4.78 is 61.1. The minimum atomic E-state index is -3.69. The molecule has 0 bridgehead atoms. The molecule has 0 atom stereocenters. The molecule has 2 saturated heterocycles. The minimum Gasteiger partial charge on any atom is -0.494 e. The molecule has 0 unspecified atom stereocenters. The van der Waals surface area contributed by atoms with Crippen molar-refractivity contribution in [3.8, 4) is 5.75 Å². The Labute approximate surface area is 417 Å². The van der Waals surface area contributed by atoms with Gasteiger partial charge in [-0.1, -0.05) is 96.1 Å². The average molecular weight is 1050 g/mol. The van der Waals surface area contributed by atoms with Crippen molar-refractivity contribution in [3.63, 3.8) is 0 Å². The number of benzene rings is 4. The van der Waals surface area contributed by atoms with Crippen LogP contribution in [0, 0.1) is 13.8 Å². The van der Waals surface area contributed by atoms with Gasteiger partial charge in [0.05, 0.1) is 28.0 Å². The van der Waals surface area contributed by atoms with Crippen molar-refractivity contribution in [2.45, 2.75) is 63.2 Å². The van der Waals surface area contributed by atoms with E-state index >= 15 is 0 Å². The summed E-state index contributed by atoms with van der Waals surface area (Å²) in [4.78, 5) is 14.1. The summed E-state index contributed by atoms with van der Waals surface area (Å²) in [6.45, 7) is 12.2. The predicted octanol–water partition coefficient (Wildman–Crippen LogP) is 11.1. The van der Waals surface area contributed by atoms with Gasteiger partial charge in [-0.25, -0.2) is 26.8 Å². The van der Waals surface area contributed by atoms with Crippen LogP contribution in [0.1, 0.15) is 59.5 Å². The van der Waals surface area contributed by atoms with Crippen molar-refractivity contribution in [2.75, 3.05) is 68.8 Å². The Hall–Kier alpha value is -3.48. The van der Waals surface area contributed by atoms with Crippen LogP contribution in [0.15, 0.2) is 93.3 Å². The molecule has 0 saturated carbocycles. The normalized spacial score (nSPS) is 15.2. The number of rotatable bonds is 14. The first-order valence-corrected chi connectivity index (χ1v) is 27.8. The van der Waals surface area contributed by atoms with Crippen molar-refractivity contribution < 1.29 is 21.6 Å². The third-order valence-electron chi connectivity index (χ3n) is 11.3. The lowest BCUT2D eigenvalue weighted by atomic mass is 10.1. The summed E-state index contributed by atoms with van der Waals surface area (Å²) in [5.74, 6) is 0.864. The molecule has 2 aromatic heterocycles. The monoisotopic (exact) mass is 1050 g/mol. The molecule has 19 heteroatoms. The number of hydrogen-bond donors (Lipinski definition) is 0. The standard InChI is InChI=1S/C24H27Cl2N3O2S2.C23H25Cl2N3O3S2/c1-3-4-18-5-7-19(8-6-18)14-20-16-32-24(27-20)28-9-11-29(12-10-28)33(30,31)23-13-17(2)21(25)15-22(23)26;1-3-31-19-6-4-17(5-7-19)13-18-15-32-23(26-18)27-8-10-28(11-9-27)33(29,30)22-12-16(2)20(24)14-21(22)25/h5-8,13,15-16H,3-4,9-12,14H2,1-2H3;4-7,12,14-15H,3,8-11,13H2,1-2H3. The largest absolute Gasteiger partial charge is 0.494 e. The van der Waals surface area contributed by atoms with E-state index in [2.05, 4.69) is 63.9 Å². The lowest BCUT2D eigenvalue weighted by Gasteiger charge is -2.34. The third kappa shape index (κ3) is 12.2. The van der Waals surface area contributed by atoms with E-state index in [-0.39, 0.29) is 19.8 Å². The highest BCUT2D eigenvalue weighted by molar-refractivity contribution is 7.89. The molecule has 8 rings (SSSR count). The van der Waals surface area contributed by atoms with E-state index in [0.717, 1.165) is 53.1 Å². The van der Waals surface area contributed by atoms with Crippen LogP contribution in [0.5, 0.6) is 5.75 Å². The van der Waals surface area contributed by atoms with Crippen LogP contribution in [0.2, 0.25) is 20.1 Å². The zero-order chi connectivity index (χ0) is 47.2. The topological polar surface area (TPSA) is 116 Å². The lowest BCUT2D eigenvalue weighted by molar-refractivity contribution is 0.340. The second-order valence-electron chi connectivity index (χ2n) is 16.1. The molecule has 4 aromatic carbocycles. The summed E-state index contributed by atoms with van der Waals surface area (Å²) >= 11 is 27.8. The van der Waals surface area contributed by atoms with E-state index in [1.807, 2.05) is 19.1 Å². The van der Waals surface area contributed by atoms with Crippen molar-refractivity contribution in [3.05, 3.63) is 143 Å². The number of ether oxygens (including phenoxy) is 1. The van der Waals surface area contributed by atoms with Crippen molar-refractivity contribution in [1.29, 1.82) is 0 Å². The number of thiazole rings is 2. The van der Waals surface area contributed by atoms with Gasteiger partial charge in [-0.15, -0.1) is 22.7 Å². The van der Waals surface area contributed by atoms with Crippen LogP contribution >= 0.6 is 69.1 Å². The summed E-state index contributed by atoms with van der Waals surface area (Å²) in [5.41, 5.74) is 7.19. The molecular weight excluding hydrogens is 999 g/mol. The van der Waals surface area contributed by atoms with E-state index in [9.17, 15) is 16.8 Å². The van der Waals surface area contributed by atoms with E-state index in [4.69, 9.17) is 61.1 Å². The molecule has 2 fully saturated rings. The highest BCUT2D eigenvalue weighted by atomic mass is 35.5. The molecule has 6 aromatic rings. The smallest absolute Gasteiger partial charge is 0.244 e. The molecule has 0 amide bonds. The number of hydrogen-bond acceptors (Lipinski definition) is 11. The fourth-order valence-corrected chi connectivity index (χ4v) is 13.8. The molecule has 4 heterocycles. The molecule has 2 aliphatic rings. The first-order valence-electron chi connectivity index (χ1n) is 21.7. The summed E-state index contributed by atoms with van der Waals surface area (Å²) in [6.07, 6.45) is 3.79. The number of aryl methyl sites for hydroxylation is 3. The van der Waals surface area contributed by atoms with Gasteiger partial charge in [0.15, 0.2) is 10.3 Å². The van der Waals surface area contributed by atoms with Gasteiger partial charge in [-0.2, -0.15) is 8.61 Å². The molecule has 11 nitrogen and oxygen atoms in total. The summed E-state index contributed by atoms with van der Waals surface area (Å²) in [7, 11) is -7.37. The van der Waals surface area contributed by atoms with Crippen LogP contribution in [-0.2, 0) is 39.3 Å². The number of aromatic nitrogens is 2. The maximum Gasteiger partial charge on any atom is 0.244 e. The second-order valence-corrected chi connectivity index (χ2v) is 23.2. The lowest BCUT2D eigenvalue weighted by Crippen LogP contribution is -2.48. The number of anilines is 2. The van der Waals surface area contributed by atoms with Crippen molar-refractivity contribution in [2.24, 2.45) is 0 Å². The first-order chi connectivity index (χ1) is 31.5. The van der Waals surface area contributed by atoms with Gasteiger partial charge >= 0.3 is 0 Å². The molecule has 66 heavy (non-hydrogen) atoms. The highest BCUT2D eigenvalue weighted by Gasteiger charge is 2.33. The van der Waals surface area contributed by atoms with Gasteiger partial charge in [0.1, 0.15) is 15.5 Å². The molecule has 0 radical (unpaired) electrons. The molecule has 2 aliphatic heterocycles. The summed E-state index contributed by atoms with van der Waals surface area (Å²) in [5, 5.41) is 7.21. The van der Waals surface area contributed by atoms with Gasteiger partial charge < -0.3 is 14.5 Å². The van der Waals surface area contributed by atoms with Gasteiger partial charge in [0.2, 0.25) is 20.0 Å². The van der Waals surface area contributed by atoms with Crippen LogP contribution < -0.4 is 14.5 Å². The first kappa shape index (κ1) is 50.4. The third-order valence-corrected chi connectivity index (χ3v) is 18.8. The van der Waals surface area contributed by atoms with Crippen LogP contribution in [-0.4, -0.2) is 94.4 Å². The van der Waals surface area contributed by atoms with Crippen LogP contribution in [0.4, 0.5) is 10.3 Å². The second kappa shape index (κ2) is 22.3. The molecular formula is C47H52Cl4N6O5S4. The van der Waals surface area contributed by atoms with Crippen molar-refractivity contribution in [1.82, 2.24) is 18.6 Å². The Morgan fingerprint density at radius 1 is 0.561 bits per heavy atom. The van der Waals surface area contributed by atoms with E-state index in [0.29, 0.717) is 80.1 Å². The molecule has 352 valence electrons. The average Bonchev–Trinajstić information content (AvgIpc) is 3.98. The number of piperazine rings is 2. The van der Waals surface area contributed by atoms with E-state index < -0.39 is 20.0 Å². The zero-order valence-electron chi connectivity index (χ0n) is 37.1. The van der Waals surface area contributed by atoms with Gasteiger partial charge in [-0.05, 0) is 91.4 Å². The number of sulfonamides is 2. The van der Waals surface area contributed by atoms with Crippen LogP contribution in [0.3, 0.4) is 0 Å². The Morgan fingerprint density at radius 3 is 1.35 bits per heavy atom. The van der Waals surface area contributed by atoms with E-state index in [1.54, 1.807) is 48.7 Å². The molecule has 0 spiro atoms. The highest BCUT2D eigenvalue weighted by Crippen LogP contribution is 2.34. The van der Waals surface area contributed by atoms with Gasteiger partial charge in [0, 0.05) is 86.0 Å². The maximum absolute atomic E-state index is 13.2. The molecule has 0 aliphatic carbocycles. The van der Waals surface area contributed by atoms with E-state index in [1.165, 1.54) is 37.4 Å². The molecule has 0 N–H and O–H groups in total. The Morgan fingerprint density at radius 2 is 0.955 bits per heavy atom. The Balaban J connectivity index is 0.000000196. The van der Waals surface area contributed by atoms with Gasteiger partial charge in [-0.3, -0.25) is 0 Å². The number of halogens is 4. The quantitative estimate of drug-likeness (QED) is 0.105. The van der Waals surface area contributed by atoms with Crippen molar-refractivity contribution >= 4 is 99.4 Å². The Kier molecular flexibility index (Phi) is 17.0.